The number of rotatable bonds is 4. The summed E-state index contributed by atoms with van der Waals surface area (Å²) in [6.45, 7) is 1.78. The van der Waals surface area contributed by atoms with E-state index in [0.29, 0.717) is 18.4 Å². The first-order chi connectivity index (χ1) is 4.99. The van der Waals surface area contributed by atoms with Gasteiger partial charge < -0.3 is 0 Å². The van der Waals surface area contributed by atoms with Crippen molar-refractivity contribution in [1.82, 2.24) is 4.90 Å². The number of hydrogen-bond donors (Lipinski definition) is 0. The van der Waals surface area contributed by atoms with Crippen molar-refractivity contribution < 1.29 is 13.2 Å². The van der Waals surface area contributed by atoms with Crippen molar-refractivity contribution in [1.29, 1.82) is 0 Å². The quantitative estimate of drug-likeness (QED) is 0.674. The maximum atomic E-state index is 11.8. The molecular weight excluding hydrogens is 223 g/mol. The number of alkyl halides is 4. The fraction of sp³-hybridized carbons (Fsp3) is 1.00. The zero-order valence-electron chi connectivity index (χ0n) is 6.29. The molecular formula is C6H11BrF3N. The van der Waals surface area contributed by atoms with Crippen molar-refractivity contribution in [2.45, 2.75) is 13.1 Å². The molecule has 0 unspecified atom stereocenters. The number of halogens is 4. The Balaban J connectivity index is 3.68. The van der Waals surface area contributed by atoms with E-state index in [4.69, 9.17) is 0 Å². The molecule has 0 saturated carbocycles. The van der Waals surface area contributed by atoms with Crippen LogP contribution in [0.4, 0.5) is 13.2 Å². The number of hydrogen-bond acceptors (Lipinski definition) is 1. The van der Waals surface area contributed by atoms with Crippen molar-refractivity contribution in [3.63, 3.8) is 0 Å². The zero-order chi connectivity index (χ0) is 8.91. The van der Waals surface area contributed by atoms with Gasteiger partial charge in [0, 0.05) is 11.9 Å². The van der Waals surface area contributed by atoms with E-state index in [2.05, 4.69) is 15.9 Å². The molecule has 0 heterocycles. The largest absolute Gasteiger partial charge is 0.401 e. The van der Waals surface area contributed by atoms with E-state index in [9.17, 15) is 13.2 Å². The van der Waals surface area contributed by atoms with E-state index in [1.165, 1.54) is 4.90 Å². The Morgan fingerprint density at radius 3 is 2.18 bits per heavy atom. The molecule has 0 fully saturated rings. The molecule has 0 aromatic heterocycles. The monoisotopic (exact) mass is 233 g/mol. The molecule has 5 heteroatoms. The van der Waals surface area contributed by atoms with Crippen LogP contribution in [0.3, 0.4) is 0 Å². The second-order valence-electron chi connectivity index (χ2n) is 2.17. The normalized spacial score (nSPS) is 12.5. The Kier molecular flexibility index (Phi) is 5.08. The van der Waals surface area contributed by atoms with Crippen LogP contribution in [0.25, 0.3) is 0 Å². The van der Waals surface area contributed by atoms with Gasteiger partial charge in [0.15, 0.2) is 0 Å². The summed E-state index contributed by atoms with van der Waals surface area (Å²) >= 11 is 3.09. The van der Waals surface area contributed by atoms with Gasteiger partial charge in [-0.15, -0.1) is 0 Å². The molecule has 11 heavy (non-hydrogen) atoms. The van der Waals surface area contributed by atoms with Crippen LogP contribution in [-0.4, -0.2) is 36.0 Å². The van der Waals surface area contributed by atoms with Gasteiger partial charge in [-0.3, -0.25) is 4.90 Å². The molecule has 0 amide bonds. The average Bonchev–Trinajstić information content (AvgIpc) is 1.84. The molecule has 68 valence electrons. The summed E-state index contributed by atoms with van der Waals surface area (Å²) in [6, 6.07) is 0. The lowest BCUT2D eigenvalue weighted by Gasteiger charge is -2.20. The van der Waals surface area contributed by atoms with Crippen LogP contribution < -0.4 is 0 Å². The van der Waals surface area contributed by atoms with Gasteiger partial charge in [0.1, 0.15) is 0 Å². The molecule has 0 N–H and O–H groups in total. The van der Waals surface area contributed by atoms with E-state index >= 15 is 0 Å². The van der Waals surface area contributed by atoms with Crippen LogP contribution >= 0.6 is 15.9 Å². The summed E-state index contributed by atoms with van der Waals surface area (Å²) in [5, 5.41) is 0.580. The molecule has 0 rings (SSSR count). The zero-order valence-corrected chi connectivity index (χ0v) is 7.87. The smallest absolute Gasteiger partial charge is 0.294 e. The predicted molar refractivity (Wildman–Crippen MR) is 42.0 cm³/mol. The summed E-state index contributed by atoms with van der Waals surface area (Å²) in [7, 11) is 0. The van der Waals surface area contributed by atoms with Crippen LogP contribution in [0.1, 0.15) is 6.92 Å². The molecule has 0 aromatic rings. The molecule has 0 spiro atoms. The Morgan fingerprint density at radius 2 is 1.91 bits per heavy atom. The Labute approximate surface area is 72.7 Å². The Bertz CT molecular complexity index is 104. The lowest BCUT2D eigenvalue weighted by atomic mass is 10.5. The molecule has 0 radical (unpaired) electrons. The standard InChI is InChI=1S/C6H11BrF3N/c1-2-11(4-3-7)5-6(8,9)10/h2-5H2,1H3. The highest BCUT2D eigenvalue weighted by Gasteiger charge is 2.29. The average molecular weight is 234 g/mol. The molecule has 0 bridgehead atoms. The highest BCUT2D eigenvalue weighted by molar-refractivity contribution is 9.09. The van der Waals surface area contributed by atoms with Gasteiger partial charge in [0.05, 0.1) is 6.54 Å². The van der Waals surface area contributed by atoms with E-state index in [-0.39, 0.29) is 0 Å². The van der Waals surface area contributed by atoms with Gasteiger partial charge in [-0.1, -0.05) is 22.9 Å². The maximum Gasteiger partial charge on any atom is 0.401 e. The fourth-order valence-corrected chi connectivity index (χ4v) is 1.22. The van der Waals surface area contributed by atoms with E-state index in [1.807, 2.05) is 0 Å². The van der Waals surface area contributed by atoms with Gasteiger partial charge >= 0.3 is 6.18 Å². The minimum absolute atomic E-state index is 0.436. The number of nitrogens with zero attached hydrogens (tertiary/aromatic N) is 1. The van der Waals surface area contributed by atoms with Crippen molar-refractivity contribution in [3.05, 3.63) is 0 Å². The summed E-state index contributed by atoms with van der Waals surface area (Å²) in [5.74, 6) is 0. The SMILES string of the molecule is CCN(CCBr)CC(F)(F)F. The highest BCUT2D eigenvalue weighted by atomic mass is 79.9. The molecule has 1 nitrogen and oxygen atoms in total. The Morgan fingerprint density at radius 1 is 1.36 bits per heavy atom. The van der Waals surface area contributed by atoms with Gasteiger partial charge in [-0.25, -0.2) is 0 Å². The summed E-state index contributed by atoms with van der Waals surface area (Å²) in [4.78, 5) is 1.34. The summed E-state index contributed by atoms with van der Waals surface area (Å²) in [6.07, 6.45) is -4.07. The third kappa shape index (κ3) is 6.62. The summed E-state index contributed by atoms with van der Waals surface area (Å²) in [5.41, 5.74) is 0. The molecule has 0 aliphatic heterocycles. The van der Waals surface area contributed by atoms with E-state index < -0.39 is 12.7 Å². The second kappa shape index (κ2) is 4.98. The first kappa shape index (κ1) is 11.2. The van der Waals surface area contributed by atoms with Gasteiger partial charge in [-0.2, -0.15) is 13.2 Å². The third-order valence-corrected chi connectivity index (χ3v) is 1.61. The van der Waals surface area contributed by atoms with Crippen LogP contribution in [0, 0.1) is 0 Å². The van der Waals surface area contributed by atoms with Gasteiger partial charge in [0.2, 0.25) is 0 Å². The minimum Gasteiger partial charge on any atom is -0.294 e. The first-order valence-corrected chi connectivity index (χ1v) is 4.47. The lowest BCUT2D eigenvalue weighted by molar-refractivity contribution is -0.144. The molecule has 0 aliphatic rings. The lowest BCUT2D eigenvalue weighted by Crippen LogP contribution is -2.35. The highest BCUT2D eigenvalue weighted by Crippen LogP contribution is 2.15. The topological polar surface area (TPSA) is 3.24 Å². The van der Waals surface area contributed by atoms with E-state index in [0.717, 1.165) is 0 Å². The molecule has 0 saturated heterocycles. The predicted octanol–water partition coefficient (Wildman–Crippen LogP) is 2.27. The van der Waals surface area contributed by atoms with Crippen LogP contribution in [-0.2, 0) is 0 Å². The maximum absolute atomic E-state index is 11.8. The summed E-state index contributed by atoms with van der Waals surface area (Å²) < 4.78 is 35.3. The molecule has 0 aromatic carbocycles. The minimum atomic E-state index is -4.07. The molecule has 0 atom stereocenters. The first-order valence-electron chi connectivity index (χ1n) is 3.34. The van der Waals surface area contributed by atoms with E-state index in [1.54, 1.807) is 6.92 Å². The van der Waals surface area contributed by atoms with Gasteiger partial charge in [-0.05, 0) is 6.54 Å². The molecule has 0 aliphatic carbocycles. The second-order valence-corrected chi connectivity index (χ2v) is 2.97. The van der Waals surface area contributed by atoms with Crippen molar-refractivity contribution in [3.8, 4) is 0 Å². The van der Waals surface area contributed by atoms with Crippen LogP contribution in [0.5, 0.6) is 0 Å². The Hall–Kier alpha value is 0.230. The van der Waals surface area contributed by atoms with Crippen molar-refractivity contribution in [2.24, 2.45) is 0 Å². The van der Waals surface area contributed by atoms with Crippen LogP contribution in [0.15, 0.2) is 0 Å². The van der Waals surface area contributed by atoms with Crippen molar-refractivity contribution in [2.75, 3.05) is 25.0 Å². The van der Waals surface area contributed by atoms with Gasteiger partial charge in [0.25, 0.3) is 0 Å². The van der Waals surface area contributed by atoms with Crippen LogP contribution in [0.2, 0.25) is 0 Å². The third-order valence-electron chi connectivity index (χ3n) is 1.25. The fourth-order valence-electron chi connectivity index (χ4n) is 0.722. The van der Waals surface area contributed by atoms with Crippen molar-refractivity contribution >= 4 is 15.9 Å².